The molecule has 4 nitrogen and oxygen atoms in total. The summed E-state index contributed by atoms with van der Waals surface area (Å²) < 4.78 is 28.4. The molecule has 124 valence electrons. The molecule has 0 spiro atoms. The number of aliphatic hydroxyl groups is 1. The average Bonchev–Trinajstić information content (AvgIpc) is 2.51. The molecule has 0 radical (unpaired) electrons. The number of phenols is 1. The first-order valence-corrected chi connectivity index (χ1v) is 7.18. The van der Waals surface area contributed by atoms with Crippen molar-refractivity contribution in [2.75, 3.05) is 6.54 Å². The van der Waals surface area contributed by atoms with Crippen LogP contribution in [-0.4, -0.2) is 23.4 Å². The quantitative estimate of drug-likeness (QED) is 0.733. The Kier molecular flexibility index (Phi) is 5.90. The predicted octanol–water partition coefficient (Wildman–Crippen LogP) is 3.13. The highest BCUT2D eigenvalue weighted by Crippen LogP contribution is 2.22. The maximum absolute atomic E-state index is 12.1. The van der Waals surface area contributed by atoms with E-state index < -0.39 is 12.7 Å². The fourth-order valence-electron chi connectivity index (χ4n) is 2.20. The molecule has 0 aliphatic heterocycles. The molecule has 0 aromatic heterocycles. The third-order valence-electron chi connectivity index (χ3n) is 3.46. The zero-order chi connectivity index (χ0) is 16.8. The smallest absolute Gasteiger partial charge is 0.387 e. The summed E-state index contributed by atoms with van der Waals surface area (Å²) in [6.45, 7) is -0.370. The number of nitrogens with one attached hydrogen (secondary N) is 1. The second-order valence-electron chi connectivity index (χ2n) is 5.18. The minimum atomic E-state index is -2.87. The molecule has 0 heterocycles. The van der Waals surface area contributed by atoms with Crippen LogP contribution in [0.5, 0.6) is 11.5 Å². The van der Waals surface area contributed by atoms with Gasteiger partial charge < -0.3 is 20.3 Å². The van der Waals surface area contributed by atoms with Crippen LogP contribution in [0.25, 0.3) is 0 Å². The molecule has 0 saturated carbocycles. The van der Waals surface area contributed by atoms with E-state index in [1.165, 1.54) is 24.3 Å². The van der Waals surface area contributed by atoms with Crippen LogP contribution in [0, 0.1) is 6.92 Å². The summed E-state index contributed by atoms with van der Waals surface area (Å²) in [5.74, 6) is 0.289. The molecule has 2 rings (SSSR count). The average molecular weight is 323 g/mol. The summed E-state index contributed by atoms with van der Waals surface area (Å²) in [5.41, 5.74) is 2.13. The molecule has 23 heavy (non-hydrogen) atoms. The highest BCUT2D eigenvalue weighted by molar-refractivity contribution is 5.39. The Morgan fingerprint density at radius 2 is 1.83 bits per heavy atom. The van der Waals surface area contributed by atoms with Crippen LogP contribution >= 0.6 is 0 Å². The topological polar surface area (TPSA) is 61.7 Å². The molecule has 0 saturated heterocycles. The molecule has 1 atom stereocenters. The lowest BCUT2D eigenvalue weighted by Crippen LogP contribution is -2.21. The van der Waals surface area contributed by atoms with E-state index in [-0.39, 0.29) is 18.0 Å². The number of hydrogen-bond donors (Lipinski definition) is 3. The van der Waals surface area contributed by atoms with E-state index in [9.17, 15) is 19.0 Å². The van der Waals surface area contributed by atoms with Gasteiger partial charge in [-0.3, -0.25) is 0 Å². The first kappa shape index (κ1) is 17.2. The number of ether oxygens (including phenoxy) is 1. The number of phenolic OH excluding ortho intramolecular Hbond substituents is 1. The van der Waals surface area contributed by atoms with Gasteiger partial charge in [-0.2, -0.15) is 8.78 Å². The van der Waals surface area contributed by atoms with Gasteiger partial charge in [0.05, 0.1) is 6.10 Å². The lowest BCUT2D eigenvalue weighted by Gasteiger charge is -2.14. The predicted molar refractivity (Wildman–Crippen MR) is 82.6 cm³/mol. The Morgan fingerprint density at radius 1 is 1.13 bits per heavy atom. The number of halogens is 2. The van der Waals surface area contributed by atoms with Gasteiger partial charge in [-0.15, -0.1) is 0 Å². The van der Waals surface area contributed by atoms with Crippen LogP contribution in [0.4, 0.5) is 8.78 Å². The van der Waals surface area contributed by atoms with Crippen molar-refractivity contribution < 1.29 is 23.7 Å². The third kappa shape index (κ3) is 4.91. The first-order chi connectivity index (χ1) is 11.0. The second kappa shape index (κ2) is 7.89. The second-order valence-corrected chi connectivity index (χ2v) is 5.18. The van der Waals surface area contributed by atoms with Gasteiger partial charge >= 0.3 is 6.61 Å². The summed E-state index contributed by atoms with van der Waals surface area (Å²) in [6.07, 6.45) is -0.789. The van der Waals surface area contributed by atoms with E-state index in [0.717, 1.165) is 11.1 Å². The summed E-state index contributed by atoms with van der Waals surface area (Å²) in [5, 5.41) is 23.0. The summed E-state index contributed by atoms with van der Waals surface area (Å²) >= 11 is 0. The van der Waals surface area contributed by atoms with Crippen molar-refractivity contribution in [1.82, 2.24) is 5.32 Å². The molecule has 2 aromatic rings. The molecule has 0 aliphatic rings. The van der Waals surface area contributed by atoms with Crippen LogP contribution in [0.2, 0.25) is 0 Å². The maximum atomic E-state index is 12.1. The molecule has 3 N–H and O–H groups in total. The number of aliphatic hydroxyl groups excluding tert-OH is 1. The number of aromatic hydroxyl groups is 1. The molecule has 0 bridgehead atoms. The molecule has 0 amide bonds. The molecule has 0 fully saturated rings. The largest absolute Gasteiger partial charge is 0.507 e. The van der Waals surface area contributed by atoms with Crippen LogP contribution < -0.4 is 10.1 Å². The molecular weight excluding hydrogens is 304 g/mol. The summed E-state index contributed by atoms with van der Waals surface area (Å²) in [4.78, 5) is 0. The van der Waals surface area contributed by atoms with Gasteiger partial charge in [0, 0.05) is 18.7 Å². The monoisotopic (exact) mass is 323 g/mol. The molecule has 2 aromatic carbocycles. The molecule has 1 unspecified atom stereocenters. The Bertz CT molecular complexity index is 632. The van der Waals surface area contributed by atoms with Gasteiger partial charge in [0.15, 0.2) is 0 Å². The Morgan fingerprint density at radius 3 is 2.48 bits per heavy atom. The molecular formula is C17H19F2NO3. The molecule has 0 aliphatic carbocycles. The SMILES string of the molecule is Cc1cccc(CNCC(O)c2ccc(OC(F)F)cc2)c1O. The van der Waals surface area contributed by atoms with Crippen molar-refractivity contribution in [3.63, 3.8) is 0 Å². The van der Waals surface area contributed by atoms with Crippen molar-refractivity contribution >= 4 is 0 Å². The number of alkyl halides is 2. The van der Waals surface area contributed by atoms with E-state index in [1.54, 1.807) is 6.07 Å². The van der Waals surface area contributed by atoms with E-state index >= 15 is 0 Å². The van der Waals surface area contributed by atoms with Crippen molar-refractivity contribution in [1.29, 1.82) is 0 Å². The Labute approximate surface area is 133 Å². The van der Waals surface area contributed by atoms with E-state index in [2.05, 4.69) is 10.1 Å². The number of benzene rings is 2. The third-order valence-corrected chi connectivity index (χ3v) is 3.46. The first-order valence-electron chi connectivity index (χ1n) is 7.18. The van der Waals surface area contributed by atoms with Crippen molar-refractivity contribution in [3.8, 4) is 11.5 Å². The number of aryl methyl sites for hydroxylation is 1. The van der Waals surface area contributed by atoms with Crippen LogP contribution in [-0.2, 0) is 6.54 Å². The van der Waals surface area contributed by atoms with Crippen molar-refractivity contribution in [2.24, 2.45) is 0 Å². The van der Waals surface area contributed by atoms with Gasteiger partial charge in [-0.25, -0.2) is 0 Å². The van der Waals surface area contributed by atoms with Gasteiger partial charge in [-0.05, 0) is 30.2 Å². The Hall–Kier alpha value is -2.18. The normalized spacial score (nSPS) is 12.4. The summed E-state index contributed by atoms with van der Waals surface area (Å²) in [6, 6.07) is 11.3. The van der Waals surface area contributed by atoms with Gasteiger partial charge in [0.25, 0.3) is 0 Å². The fourth-order valence-corrected chi connectivity index (χ4v) is 2.20. The van der Waals surface area contributed by atoms with E-state index in [0.29, 0.717) is 12.1 Å². The number of hydrogen-bond acceptors (Lipinski definition) is 4. The van der Waals surface area contributed by atoms with Crippen LogP contribution in [0.15, 0.2) is 42.5 Å². The van der Waals surface area contributed by atoms with Gasteiger partial charge in [0.1, 0.15) is 11.5 Å². The van der Waals surface area contributed by atoms with Crippen molar-refractivity contribution in [2.45, 2.75) is 26.2 Å². The standard InChI is InChI=1S/C17H19F2NO3/c1-11-3-2-4-13(16(11)22)9-20-10-15(21)12-5-7-14(8-6-12)23-17(18)19/h2-8,15,17,20-22H,9-10H2,1H3. The fraction of sp³-hybridized carbons (Fsp3) is 0.294. The van der Waals surface area contributed by atoms with E-state index in [1.807, 2.05) is 19.1 Å². The van der Waals surface area contributed by atoms with Crippen molar-refractivity contribution in [3.05, 3.63) is 59.2 Å². The number of para-hydroxylation sites is 1. The lowest BCUT2D eigenvalue weighted by molar-refractivity contribution is -0.0498. The van der Waals surface area contributed by atoms with E-state index in [4.69, 9.17) is 0 Å². The lowest BCUT2D eigenvalue weighted by atomic mass is 10.1. The maximum Gasteiger partial charge on any atom is 0.387 e. The van der Waals surface area contributed by atoms with Crippen LogP contribution in [0.1, 0.15) is 22.8 Å². The minimum absolute atomic E-state index is 0.0496. The highest BCUT2D eigenvalue weighted by Gasteiger charge is 2.10. The van der Waals surface area contributed by atoms with Gasteiger partial charge in [-0.1, -0.05) is 30.3 Å². The minimum Gasteiger partial charge on any atom is -0.507 e. The zero-order valence-corrected chi connectivity index (χ0v) is 12.7. The highest BCUT2D eigenvalue weighted by atomic mass is 19.3. The van der Waals surface area contributed by atoms with Crippen LogP contribution in [0.3, 0.4) is 0 Å². The Balaban J connectivity index is 1.87. The number of rotatable bonds is 7. The van der Waals surface area contributed by atoms with Gasteiger partial charge in [0.2, 0.25) is 0 Å². The zero-order valence-electron chi connectivity index (χ0n) is 12.7. The summed E-state index contributed by atoms with van der Waals surface area (Å²) in [7, 11) is 0. The molecule has 6 heteroatoms.